The zero-order chi connectivity index (χ0) is 21.5. The molecule has 0 aliphatic carbocycles. The second-order valence-corrected chi connectivity index (χ2v) is 7.79. The number of pyridine rings is 1. The lowest BCUT2D eigenvalue weighted by Crippen LogP contribution is -2.23. The molecule has 0 unspecified atom stereocenters. The van der Waals surface area contributed by atoms with Gasteiger partial charge in [0.1, 0.15) is 0 Å². The third kappa shape index (κ3) is 4.98. The number of halogens is 1. The number of carbonyl (C=O) groups excluding carboxylic acids is 1. The Hall–Kier alpha value is -2.90. The van der Waals surface area contributed by atoms with Crippen molar-refractivity contribution >= 4 is 17.7 Å². The maximum atomic E-state index is 13.9. The molecule has 0 radical (unpaired) electrons. The van der Waals surface area contributed by atoms with E-state index in [0.717, 1.165) is 27.3 Å². The molecule has 0 aliphatic heterocycles. The SMILES string of the molecule is CCSc1ccc(-c2cnccc2CO)cc1C(=O)NCc1ccc(OC)c(F)c1. The normalized spacial score (nSPS) is 10.7. The number of thioether (sulfide) groups is 1. The van der Waals surface area contributed by atoms with Crippen LogP contribution in [0.3, 0.4) is 0 Å². The van der Waals surface area contributed by atoms with Crippen LogP contribution in [-0.2, 0) is 13.2 Å². The van der Waals surface area contributed by atoms with Gasteiger partial charge in [-0.3, -0.25) is 9.78 Å². The minimum Gasteiger partial charge on any atom is -0.494 e. The van der Waals surface area contributed by atoms with E-state index in [1.807, 2.05) is 19.1 Å². The molecule has 0 saturated heterocycles. The Morgan fingerprint density at radius 3 is 2.77 bits per heavy atom. The number of nitrogens with zero attached hydrogens (tertiary/aromatic N) is 1. The molecular weight excluding hydrogens is 403 g/mol. The summed E-state index contributed by atoms with van der Waals surface area (Å²) >= 11 is 1.57. The number of methoxy groups -OCH3 is 1. The molecule has 30 heavy (non-hydrogen) atoms. The van der Waals surface area contributed by atoms with Gasteiger partial charge in [0.05, 0.1) is 19.3 Å². The number of rotatable bonds is 8. The summed E-state index contributed by atoms with van der Waals surface area (Å²) in [4.78, 5) is 17.9. The van der Waals surface area contributed by atoms with E-state index in [9.17, 15) is 14.3 Å². The molecule has 1 heterocycles. The molecule has 0 bridgehead atoms. The lowest BCUT2D eigenvalue weighted by atomic mass is 10.00. The van der Waals surface area contributed by atoms with Crippen LogP contribution in [0.1, 0.15) is 28.4 Å². The summed E-state index contributed by atoms with van der Waals surface area (Å²) in [5, 5.41) is 12.5. The Bertz CT molecular complexity index is 1040. The fourth-order valence-electron chi connectivity index (χ4n) is 3.07. The standard InChI is InChI=1S/C23H23FN2O3S/c1-3-30-22-7-5-16(19-13-25-9-8-17(19)14-27)11-18(22)23(28)26-12-15-4-6-21(29-2)20(24)10-15/h4-11,13,27H,3,12,14H2,1-2H3,(H,26,28). The molecule has 0 fully saturated rings. The molecule has 3 rings (SSSR count). The van der Waals surface area contributed by atoms with E-state index in [4.69, 9.17) is 4.74 Å². The molecule has 0 saturated carbocycles. The van der Waals surface area contributed by atoms with Crippen molar-refractivity contribution in [3.63, 3.8) is 0 Å². The number of ether oxygens (including phenoxy) is 1. The van der Waals surface area contributed by atoms with Gasteiger partial charge in [0.2, 0.25) is 0 Å². The maximum Gasteiger partial charge on any atom is 0.252 e. The van der Waals surface area contributed by atoms with Gasteiger partial charge < -0.3 is 15.2 Å². The minimum atomic E-state index is -0.471. The third-order valence-electron chi connectivity index (χ3n) is 4.59. The van der Waals surface area contributed by atoms with Gasteiger partial charge in [-0.25, -0.2) is 4.39 Å². The average molecular weight is 427 g/mol. The van der Waals surface area contributed by atoms with Crippen LogP contribution in [0.15, 0.2) is 59.8 Å². The van der Waals surface area contributed by atoms with Crippen molar-refractivity contribution < 1.29 is 19.0 Å². The molecule has 2 N–H and O–H groups in total. The molecule has 0 aliphatic rings. The first-order valence-corrected chi connectivity index (χ1v) is 10.5. The van der Waals surface area contributed by atoms with Crippen molar-refractivity contribution in [2.75, 3.05) is 12.9 Å². The highest BCUT2D eigenvalue weighted by atomic mass is 32.2. The number of nitrogens with one attached hydrogen (secondary N) is 1. The van der Waals surface area contributed by atoms with E-state index in [1.54, 1.807) is 42.4 Å². The third-order valence-corrected chi connectivity index (χ3v) is 5.54. The van der Waals surface area contributed by atoms with E-state index >= 15 is 0 Å². The Morgan fingerprint density at radius 1 is 1.23 bits per heavy atom. The number of amides is 1. The Balaban J connectivity index is 1.87. The summed E-state index contributed by atoms with van der Waals surface area (Å²) in [5.74, 6) is 0.258. The van der Waals surface area contributed by atoms with E-state index in [0.29, 0.717) is 11.1 Å². The Labute approximate surface area is 179 Å². The number of hydrogen-bond donors (Lipinski definition) is 2. The molecule has 1 aromatic heterocycles. The van der Waals surface area contributed by atoms with E-state index in [1.165, 1.54) is 19.2 Å². The first-order chi connectivity index (χ1) is 14.6. The van der Waals surface area contributed by atoms with Gasteiger partial charge in [0.25, 0.3) is 5.91 Å². The van der Waals surface area contributed by atoms with Gasteiger partial charge in [-0.15, -0.1) is 11.8 Å². The summed E-state index contributed by atoms with van der Waals surface area (Å²) in [6.45, 7) is 2.09. The van der Waals surface area contributed by atoms with Gasteiger partial charge in [-0.2, -0.15) is 0 Å². The zero-order valence-electron chi connectivity index (χ0n) is 16.8. The minimum absolute atomic E-state index is 0.117. The highest BCUT2D eigenvalue weighted by Gasteiger charge is 2.15. The Kier molecular flexibility index (Phi) is 7.43. The van der Waals surface area contributed by atoms with Gasteiger partial charge in [0.15, 0.2) is 11.6 Å². The molecule has 0 spiro atoms. The van der Waals surface area contributed by atoms with E-state index in [-0.39, 0.29) is 24.8 Å². The molecule has 7 heteroatoms. The van der Waals surface area contributed by atoms with Gasteiger partial charge in [0, 0.05) is 29.4 Å². The fraction of sp³-hybridized carbons (Fsp3) is 0.217. The first kappa shape index (κ1) is 21.8. The summed E-state index contributed by atoms with van der Waals surface area (Å²) in [5.41, 5.74) is 3.48. The van der Waals surface area contributed by atoms with Crippen LogP contribution >= 0.6 is 11.8 Å². The fourth-order valence-corrected chi connectivity index (χ4v) is 3.86. The summed E-state index contributed by atoms with van der Waals surface area (Å²) in [6, 6.07) is 12.0. The van der Waals surface area contributed by atoms with E-state index < -0.39 is 5.82 Å². The quantitative estimate of drug-likeness (QED) is 0.522. The molecule has 3 aromatic rings. The van der Waals surface area contributed by atoms with Crippen LogP contribution in [-0.4, -0.2) is 28.9 Å². The van der Waals surface area contributed by atoms with Crippen LogP contribution in [0.2, 0.25) is 0 Å². The predicted molar refractivity (Wildman–Crippen MR) is 116 cm³/mol. The van der Waals surface area contributed by atoms with E-state index in [2.05, 4.69) is 10.3 Å². The van der Waals surface area contributed by atoms with Crippen molar-refractivity contribution in [2.45, 2.75) is 25.0 Å². The van der Waals surface area contributed by atoms with Gasteiger partial charge >= 0.3 is 0 Å². The number of carbonyl (C=O) groups is 1. The first-order valence-electron chi connectivity index (χ1n) is 9.49. The molecule has 0 atom stereocenters. The largest absolute Gasteiger partial charge is 0.494 e. The number of aliphatic hydroxyl groups excluding tert-OH is 1. The van der Waals surface area contributed by atoms with Crippen molar-refractivity contribution in [3.05, 3.63) is 77.4 Å². The second-order valence-electron chi connectivity index (χ2n) is 6.49. The smallest absolute Gasteiger partial charge is 0.252 e. The number of hydrogen-bond acceptors (Lipinski definition) is 5. The average Bonchev–Trinajstić information content (AvgIpc) is 2.78. The Morgan fingerprint density at radius 2 is 2.07 bits per heavy atom. The monoisotopic (exact) mass is 426 g/mol. The topological polar surface area (TPSA) is 71.5 Å². The number of benzene rings is 2. The van der Waals surface area contributed by atoms with Crippen LogP contribution in [0.25, 0.3) is 11.1 Å². The summed E-state index contributed by atoms with van der Waals surface area (Å²) in [7, 11) is 1.41. The van der Waals surface area contributed by atoms with Crippen molar-refractivity contribution in [3.8, 4) is 16.9 Å². The predicted octanol–water partition coefficient (Wildman–Crippen LogP) is 4.43. The second kappa shape index (κ2) is 10.2. The molecular formula is C23H23FN2O3S. The molecule has 5 nitrogen and oxygen atoms in total. The van der Waals surface area contributed by atoms with Crippen molar-refractivity contribution in [1.82, 2.24) is 10.3 Å². The molecule has 1 amide bonds. The van der Waals surface area contributed by atoms with Crippen LogP contribution < -0.4 is 10.1 Å². The van der Waals surface area contributed by atoms with Crippen LogP contribution in [0.5, 0.6) is 5.75 Å². The zero-order valence-corrected chi connectivity index (χ0v) is 17.6. The highest BCUT2D eigenvalue weighted by Crippen LogP contribution is 2.30. The highest BCUT2D eigenvalue weighted by molar-refractivity contribution is 7.99. The van der Waals surface area contributed by atoms with Crippen LogP contribution in [0.4, 0.5) is 4.39 Å². The number of aliphatic hydroxyl groups is 1. The molecule has 156 valence electrons. The van der Waals surface area contributed by atoms with Crippen LogP contribution in [0, 0.1) is 5.82 Å². The van der Waals surface area contributed by atoms with Gasteiger partial charge in [-0.05, 0) is 52.8 Å². The molecule has 2 aromatic carbocycles. The summed E-state index contributed by atoms with van der Waals surface area (Å²) < 4.78 is 18.8. The van der Waals surface area contributed by atoms with Crippen molar-refractivity contribution in [1.29, 1.82) is 0 Å². The van der Waals surface area contributed by atoms with Gasteiger partial charge in [-0.1, -0.05) is 19.1 Å². The van der Waals surface area contributed by atoms with Crippen molar-refractivity contribution in [2.24, 2.45) is 0 Å². The number of aromatic nitrogens is 1. The lowest BCUT2D eigenvalue weighted by Gasteiger charge is -2.13. The maximum absolute atomic E-state index is 13.9. The lowest BCUT2D eigenvalue weighted by molar-refractivity contribution is 0.0948. The summed E-state index contributed by atoms with van der Waals surface area (Å²) in [6.07, 6.45) is 3.30.